The van der Waals surface area contributed by atoms with Crippen molar-refractivity contribution in [2.24, 2.45) is 5.11 Å². The Morgan fingerprint density at radius 3 is 2.72 bits per heavy atom. The molecule has 0 bridgehead atoms. The molecule has 92 valence electrons. The highest BCUT2D eigenvalue weighted by atomic mass is 15.2. The van der Waals surface area contributed by atoms with Gasteiger partial charge in [-0.1, -0.05) is 38.1 Å². The highest BCUT2D eigenvalue weighted by molar-refractivity contribution is 5.62. The molecule has 2 aromatic rings. The van der Waals surface area contributed by atoms with E-state index >= 15 is 0 Å². The molecule has 1 N–H and O–H groups in total. The monoisotopic (exact) mass is 241 g/mol. The average Bonchev–Trinajstić information content (AvgIpc) is 2.87. The third-order valence-electron chi connectivity index (χ3n) is 3.10. The number of rotatable bonds is 4. The molecule has 0 fully saturated rings. The molecule has 5 heteroatoms. The van der Waals surface area contributed by atoms with Gasteiger partial charge in [0.25, 0.3) is 0 Å². The van der Waals surface area contributed by atoms with Gasteiger partial charge in [-0.25, -0.2) is 0 Å². The molecule has 0 radical (unpaired) electrons. The maximum Gasteiger partial charge on any atom is 0.122 e. The molecule has 1 heterocycles. The van der Waals surface area contributed by atoms with Crippen LogP contribution in [0.5, 0.6) is 0 Å². The summed E-state index contributed by atoms with van der Waals surface area (Å²) >= 11 is 0. The molecule has 0 saturated carbocycles. The van der Waals surface area contributed by atoms with Crippen molar-refractivity contribution in [3.05, 3.63) is 46.3 Å². The summed E-state index contributed by atoms with van der Waals surface area (Å²) in [6.07, 6.45) is 1.13. The van der Waals surface area contributed by atoms with Crippen molar-refractivity contribution < 1.29 is 0 Å². The van der Waals surface area contributed by atoms with Crippen LogP contribution in [0.1, 0.15) is 31.7 Å². The summed E-state index contributed by atoms with van der Waals surface area (Å²) in [5.74, 6) is 0.996. The van der Waals surface area contributed by atoms with E-state index in [1.165, 1.54) is 5.56 Å². The van der Waals surface area contributed by atoms with Crippen molar-refractivity contribution >= 4 is 5.82 Å². The first-order valence-corrected chi connectivity index (χ1v) is 5.95. The topological polar surface area (TPSA) is 77.4 Å². The van der Waals surface area contributed by atoms with Gasteiger partial charge in [-0.3, -0.25) is 5.10 Å². The van der Waals surface area contributed by atoms with Crippen LogP contribution in [0.3, 0.4) is 0 Å². The molecule has 0 aliphatic carbocycles. The van der Waals surface area contributed by atoms with E-state index in [9.17, 15) is 0 Å². The number of aromatic nitrogens is 2. The molecule has 1 aromatic heterocycles. The quantitative estimate of drug-likeness (QED) is 0.476. The molecule has 1 atom stereocenters. The van der Waals surface area contributed by atoms with Gasteiger partial charge in [0.2, 0.25) is 0 Å². The lowest BCUT2D eigenvalue weighted by atomic mass is 9.97. The number of nitrogens with one attached hydrogen (secondary N) is 1. The Balaban J connectivity index is 2.25. The van der Waals surface area contributed by atoms with Crippen molar-refractivity contribution in [2.75, 3.05) is 0 Å². The molecule has 1 aromatic carbocycles. The van der Waals surface area contributed by atoms with Gasteiger partial charge in [0.15, 0.2) is 0 Å². The van der Waals surface area contributed by atoms with Gasteiger partial charge in [0, 0.05) is 10.5 Å². The number of H-pyrrole nitrogens is 1. The van der Waals surface area contributed by atoms with Crippen molar-refractivity contribution in [3.63, 3.8) is 0 Å². The van der Waals surface area contributed by atoms with Gasteiger partial charge in [-0.05, 0) is 34.6 Å². The van der Waals surface area contributed by atoms with Gasteiger partial charge in [0.1, 0.15) is 5.82 Å². The molecular weight excluding hydrogens is 226 g/mol. The molecule has 0 aliphatic rings. The van der Waals surface area contributed by atoms with Crippen LogP contribution in [0.25, 0.3) is 21.7 Å². The van der Waals surface area contributed by atoms with Crippen LogP contribution in [0, 0.1) is 0 Å². The molecule has 1 unspecified atom stereocenters. The second-order valence-corrected chi connectivity index (χ2v) is 4.26. The molecule has 2 rings (SSSR count). The first-order valence-electron chi connectivity index (χ1n) is 5.95. The second kappa shape index (κ2) is 5.38. The fourth-order valence-corrected chi connectivity index (χ4v) is 1.78. The normalized spacial score (nSPS) is 11.9. The van der Waals surface area contributed by atoms with E-state index in [-0.39, 0.29) is 0 Å². The van der Waals surface area contributed by atoms with Crippen LogP contribution in [0.4, 0.5) is 5.82 Å². The summed E-state index contributed by atoms with van der Waals surface area (Å²) in [6.45, 7) is 4.39. The predicted molar refractivity (Wildman–Crippen MR) is 71.5 cm³/mol. The van der Waals surface area contributed by atoms with Crippen LogP contribution in [0.2, 0.25) is 0 Å². The lowest BCUT2D eigenvalue weighted by Crippen LogP contribution is -1.90. The molecular formula is C13H15N5. The van der Waals surface area contributed by atoms with E-state index in [0.29, 0.717) is 11.7 Å². The molecule has 0 saturated heterocycles. The van der Waals surface area contributed by atoms with E-state index in [2.05, 4.69) is 46.2 Å². The zero-order valence-corrected chi connectivity index (χ0v) is 10.5. The summed E-state index contributed by atoms with van der Waals surface area (Å²) in [5.41, 5.74) is 11.5. The third-order valence-corrected chi connectivity index (χ3v) is 3.10. The SMILES string of the molecule is CCC(C)c1ccc(-c2cc(N=[N+]=[N-])[nH]n2)cc1. The van der Waals surface area contributed by atoms with E-state index in [4.69, 9.17) is 5.53 Å². The van der Waals surface area contributed by atoms with Crippen LogP contribution in [-0.2, 0) is 0 Å². The van der Waals surface area contributed by atoms with Gasteiger partial charge in [-0.2, -0.15) is 5.10 Å². The maximum absolute atomic E-state index is 8.33. The average molecular weight is 241 g/mol. The Morgan fingerprint density at radius 1 is 1.39 bits per heavy atom. The summed E-state index contributed by atoms with van der Waals surface area (Å²) in [4.78, 5) is 2.72. The second-order valence-electron chi connectivity index (χ2n) is 4.26. The fourth-order valence-electron chi connectivity index (χ4n) is 1.78. The minimum atomic E-state index is 0.429. The largest absolute Gasteiger partial charge is 0.275 e. The van der Waals surface area contributed by atoms with Crippen LogP contribution < -0.4 is 0 Å². The van der Waals surface area contributed by atoms with Gasteiger partial charge in [0.05, 0.1) is 5.69 Å². The fraction of sp³-hybridized carbons (Fsp3) is 0.308. The van der Waals surface area contributed by atoms with Crippen molar-refractivity contribution in [1.82, 2.24) is 10.2 Å². The van der Waals surface area contributed by atoms with Crippen LogP contribution >= 0.6 is 0 Å². The number of hydrogen-bond donors (Lipinski definition) is 1. The standard InChI is InChI=1S/C13H15N5/c1-3-9(2)10-4-6-11(7-5-10)12-8-13(16-15-12)17-18-14/h4-9H,3H2,1-2H3,(H,15,16). The Morgan fingerprint density at radius 2 is 2.11 bits per heavy atom. The predicted octanol–water partition coefficient (Wildman–Crippen LogP) is 4.53. The van der Waals surface area contributed by atoms with Crippen molar-refractivity contribution in [1.29, 1.82) is 0 Å². The molecule has 0 amide bonds. The number of aromatic amines is 1. The summed E-state index contributed by atoms with van der Waals surface area (Å²) in [6, 6.07) is 10.0. The first kappa shape index (κ1) is 12.2. The van der Waals surface area contributed by atoms with Gasteiger partial charge in [-0.15, -0.1) is 0 Å². The number of benzene rings is 1. The number of hydrogen-bond acceptors (Lipinski definition) is 2. The number of azide groups is 1. The number of nitrogens with zero attached hydrogens (tertiary/aromatic N) is 4. The zero-order chi connectivity index (χ0) is 13.0. The minimum absolute atomic E-state index is 0.429. The van der Waals surface area contributed by atoms with E-state index in [1.807, 2.05) is 12.1 Å². The smallest absolute Gasteiger partial charge is 0.122 e. The molecule has 0 spiro atoms. The highest BCUT2D eigenvalue weighted by Gasteiger charge is 2.05. The van der Waals surface area contributed by atoms with E-state index < -0.39 is 0 Å². The van der Waals surface area contributed by atoms with Gasteiger partial charge < -0.3 is 0 Å². The van der Waals surface area contributed by atoms with E-state index in [1.54, 1.807) is 6.07 Å². The summed E-state index contributed by atoms with van der Waals surface area (Å²) < 4.78 is 0. The lowest BCUT2D eigenvalue weighted by molar-refractivity contribution is 0.734. The maximum atomic E-state index is 8.33. The van der Waals surface area contributed by atoms with Crippen molar-refractivity contribution in [3.8, 4) is 11.3 Å². The highest BCUT2D eigenvalue weighted by Crippen LogP contribution is 2.24. The Bertz CT molecular complexity index is 563. The van der Waals surface area contributed by atoms with E-state index in [0.717, 1.165) is 17.7 Å². The Hall–Kier alpha value is -2.26. The molecule has 5 nitrogen and oxygen atoms in total. The van der Waals surface area contributed by atoms with Gasteiger partial charge >= 0.3 is 0 Å². The summed E-state index contributed by atoms with van der Waals surface area (Å²) in [7, 11) is 0. The zero-order valence-electron chi connectivity index (χ0n) is 10.5. The van der Waals surface area contributed by atoms with Crippen molar-refractivity contribution in [2.45, 2.75) is 26.2 Å². The third kappa shape index (κ3) is 2.52. The minimum Gasteiger partial charge on any atom is -0.275 e. The molecule has 0 aliphatic heterocycles. The van der Waals surface area contributed by atoms with Crippen LogP contribution in [-0.4, -0.2) is 10.2 Å². The molecule has 18 heavy (non-hydrogen) atoms. The first-order chi connectivity index (χ1) is 8.74. The Labute approximate surface area is 105 Å². The van der Waals surface area contributed by atoms with Crippen LogP contribution in [0.15, 0.2) is 35.4 Å². The Kier molecular flexibility index (Phi) is 3.65. The summed E-state index contributed by atoms with van der Waals surface area (Å²) in [5, 5.41) is 10.3. The lowest BCUT2D eigenvalue weighted by Gasteiger charge is -2.08.